The molecule has 4 nitrogen and oxygen atoms in total. The number of hydrogen-bond acceptors (Lipinski definition) is 5. The molecule has 2 aromatic heterocycles. The van der Waals surface area contributed by atoms with Crippen LogP contribution >= 0.6 is 11.3 Å². The van der Waals surface area contributed by atoms with Crippen molar-refractivity contribution < 1.29 is 0 Å². The number of piperidine rings is 1. The second kappa shape index (κ2) is 6.28. The Labute approximate surface area is 130 Å². The highest BCUT2D eigenvalue weighted by Crippen LogP contribution is 2.28. The van der Waals surface area contributed by atoms with E-state index in [9.17, 15) is 0 Å². The van der Waals surface area contributed by atoms with Gasteiger partial charge in [-0.15, -0.1) is 11.3 Å². The fourth-order valence-electron chi connectivity index (χ4n) is 3.30. The van der Waals surface area contributed by atoms with Gasteiger partial charge in [0.1, 0.15) is 16.5 Å². The molecule has 0 radical (unpaired) electrons. The maximum Gasteiger partial charge on any atom is 0.140 e. The molecule has 1 atom stereocenters. The first kappa shape index (κ1) is 14.7. The van der Waals surface area contributed by atoms with Gasteiger partial charge in [0, 0.05) is 20.1 Å². The standard InChI is InChI=1S/C16H24N4S/c1-4-20-8-5-6-13(11-20)10-19(3)15-14-7-9-21-16(14)18-12(2)17-15/h7,9,13H,4-6,8,10-11H2,1-3H3. The Morgan fingerprint density at radius 1 is 1.43 bits per heavy atom. The minimum Gasteiger partial charge on any atom is -0.359 e. The molecule has 21 heavy (non-hydrogen) atoms. The first-order valence-electron chi connectivity index (χ1n) is 7.82. The number of aryl methyl sites for hydroxylation is 1. The maximum atomic E-state index is 4.69. The first-order valence-corrected chi connectivity index (χ1v) is 8.70. The third kappa shape index (κ3) is 3.19. The minimum absolute atomic E-state index is 0.743. The second-order valence-corrected chi connectivity index (χ2v) is 6.91. The van der Waals surface area contributed by atoms with Crippen molar-refractivity contribution >= 4 is 27.4 Å². The minimum atomic E-state index is 0.743. The lowest BCUT2D eigenvalue weighted by atomic mass is 9.97. The van der Waals surface area contributed by atoms with Crippen molar-refractivity contribution in [2.45, 2.75) is 26.7 Å². The number of thiophene rings is 1. The molecule has 114 valence electrons. The fraction of sp³-hybridized carbons (Fsp3) is 0.625. The van der Waals surface area contributed by atoms with Crippen molar-refractivity contribution in [1.29, 1.82) is 0 Å². The van der Waals surface area contributed by atoms with Gasteiger partial charge in [-0.1, -0.05) is 6.92 Å². The van der Waals surface area contributed by atoms with Crippen LogP contribution in [0.15, 0.2) is 11.4 Å². The fourth-order valence-corrected chi connectivity index (χ4v) is 4.10. The molecule has 1 aliphatic rings. The van der Waals surface area contributed by atoms with E-state index in [1.54, 1.807) is 11.3 Å². The molecule has 2 aromatic rings. The van der Waals surface area contributed by atoms with Crippen molar-refractivity contribution in [3.05, 3.63) is 17.3 Å². The van der Waals surface area contributed by atoms with Gasteiger partial charge in [0.05, 0.1) is 5.39 Å². The Morgan fingerprint density at radius 2 is 2.29 bits per heavy atom. The lowest BCUT2D eigenvalue weighted by Crippen LogP contribution is -2.40. The zero-order valence-corrected chi connectivity index (χ0v) is 14.0. The lowest BCUT2D eigenvalue weighted by molar-refractivity contribution is 0.185. The van der Waals surface area contributed by atoms with E-state index in [0.29, 0.717) is 0 Å². The largest absolute Gasteiger partial charge is 0.359 e. The summed E-state index contributed by atoms with van der Waals surface area (Å²) >= 11 is 1.70. The third-order valence-electron chi connectivity index (χ3n) is 4.36. The zero-order chi connectivity index (χ0) is 14.8. The first-order chi connectivity index (χ1) is 10.2. The molecule has 0 saturated carbocycles. The molecule has 0 N–H and O–H groups in total. The summed E-state index contributed by atoms with van der Waals surface area (Å²) in [6.45, 7) is 8.97. The van der Waals surface area contributed by atoms with E-state index in [-0.39, 0.29) is 0 Å². The summed E-state index contributed by atoms with van der Waals surface area (Å²) < 4.78 is 0. The highest BCUT2D eigenvalue weighted by atomic mass is 32.1. The average molecular weight is 304 g/mol. The highest BCUT2D eigenvalue weighted by molar-refractivity contribution is 7.16. The van der Waals surface area contributed by atoms with Crippen molar-refractivity contribution in [3.63, 3.8) is 0 Å². The number of anilines is 1. The molecule has 3 rings (SSSR count). The van der Waals surface area contributed by atoms with E-state index in [2.05, 4.69) is 45.2 Å². The number of rotatable bonds is 4. The van der Waals surface area contributed by atoms with Crippen LogP contribution in [-0.4, -0.2) is 48.1 Å². The average Bonchev–Trinajstić information content (AvgIpc) is 2.94. The Morgan fingerprint density at radius 3 is 3.10 bits per heavy atom. The highest BCUT2D eigenvalue weighted by Gasteiger charge is 2.21. The van der Waals surface area contributed by atoms with Crippen LogP contribution in [0.25, 0.3) is 10.2 Å². The summed E-state index contributed by atoms with van der Waals surface area (Å²) in [7, 11) is 2.17. The van der Waals surface area contributed by atoms with Gasteiger partial charge in [0.25, 0.3) is 0 Å². The maximum absolute atomic E-state index is 4.69. The smallest absolute Gasteiger partial charge is 0.140 e. The number of likely N-dealkylation sites (tertiary alicyclic amines) is 1. The zero-order valence-electron chi connectivity index (χ0n) is 13.2. The van der Waals surface area contributed by atoms with Gasteiger partial charge >= 0.3 is 0 Å². The summed E-state index contributed by atoms with van der Waals surface area (Å²) in [6, 6.07) is 2.14. The van der Waals surface area contributed by atoms with E-state index in [0.717, 1.165) is 28.9 Å². The summed E-state index contributed by atoms with van der Waals surface area (Å²) in [5.74, 6) is 2.70. The van der Waals surface area contributed by atoms with Crippen LogP contribution in [0.1, 0.15) is 25.6 Å². The van der Waals surface area contributed by atoms with E-state index in [4.69, 9.17) is 0 Å². The summed E-state index contributed by atoms with van der Waals surface area (Å²) in [6.07, 6.45) is 2.65. The molecular formula is C16H24N4S. The number of fused-ring (bicyclic) bond motifs is 1. The van der Waals surface area contributed by atoms with Gasteiger partial charge in [-0.25, -0.2) is 9.97 Å². The second-order valence-electron chi connectivity index (χ2n) is 6.02. The van der Waals surface area contributed by atoms with Gasteiger partial charge in [-0.2, -0.15) is 0 Å². The van der Waals surface area contributed by atoms with Crippen molar-refractivity contribution in [2.24, 2.45) is 5.92 Å². The molecule has 0 spiro atoms. The number of hydrogen-bond donors (Lipinski definition) is 0. The van der Waals surface area contributed by atoms with Crippen LogP contribution in [0.4, 0.5) is 5.82 Å². The van der Waals surface area contributed by atoms with Gasteiger partial charge in [-0.05, 0) is 50.2 Å². The predicted octanol–water partition coefficient (Wildman–Crippen LogP) is 3.17. The molecule has 0 amide bonds. The van der Waals surface area contributed by atoms with Crippen molar-refractivity contribution in [3.8, 4) is 0 Å². The monoisotopic (exact) mass is 304 g/mol. The summed E-state index contributed by atoms with van der Waals surface area (Å²) in [4.78, 5) is 15.2. The van der Waals surface area contributed by atoms with E-state index in [1.165, 1.54) is 37.9 Å². The lowest BCUT2D eigenvalue weighted by Gasteiger charge is -2.34. The Balaban J connectivity index is 1.77. The molecule has 0 bridgehead atoms. The molecule has 1 fully saturated rings. The number of aromatic nitrogens is 2. The van der Waals surface area contributed by atoms with Crippen LogP contribution < -0.4 is 4.90 Å². The summed E-state index contributed by atoms with van der Waals surface area (Å²) in [5, 5.41) is 3.30. The van der Waals surface area contributed by atoms with Gasteiger partial charge in [0.2, 0.25) is 0 Å². The molecule has 5 heteroatoms. The molecule has 1 saturated heterocycles. The van der Waals surface area contributed by atoms with Crippen LogP contribution in [-0.2, 0) is 0 Å². The van der Waals surface area contributed by atoms with Crippen molar-refractivity contribution in [1.82, 2.24) is 14.9 Å². The Kier molecular flexibility index (Phi) is 4.40. The number of nitrogens with zero attached hydrogens (tertiary/aromatic N) is 4. The van der Waals surface area contributed by atoms with Crippen LogP contribution in [0, 0.1) is 12.8 Å². The van der Waals surface area contributed by atoms with Crippen molar-refractivity contribution in [2.75, 3.05) is 38.1 Å². The topological polar surface area (TPSA) is 32.3 Å². The quantitative estimate of drug-likeness (QED) is 0.868. The van der Waals surface area contributed by atoms with E-state index < -0.39 is 0 Å². The normalized spacial score (nSPS) is 20.0. The predicted molar refractivity (Wildman–Crippen MR) is 90.3 cm³/mol. The SMILES string of the molecule is CCN1CCCC(CN(C)c2nc(C)nc3sccc23)C1. The van der Waals surface area contributed by atoms with Crippen LogP contribution in [0.2, 0.25) is 0 Å². The summed E-state index contributed by atoms with van der Waals surface area (Å²) in [5.41, 5.74) is 0. The molecule has 1 unspecified atom stereocenters. The van der Waals surface area contributed by atoms with Crippen LogP contribution in [0.3, 0.4) is 0 Å². The molecule has 0 aliphatic carbocycles. The van der Waals surface area contributed by atoms with Gasteiger partial charge < -0.3 is 9.80 Å². The molecular weight excluding hydrogens is 280 g/mol. The Hall–Kier alpha value is -1.20. The van der Waals surface area contributed by atoms with E-state index in [1.807, 2.05) is 6.92 Å². The molecule has 1 aliphatic heterocycles. The molecule has 0 aromatic carbocycles. The Bertz CT molecular complexity index is 609. The van der Waals surface area contributed by atoms with E-state index >= 15 is 0 Å². The molecule has 3 heterocycles. The van der Waals surface area contributed by atoms with Gasteiger partial charge in [-0.3, -0.25) is 0 Å². The van der Waals surface area contributed by atoms with Gasteiger partial charge in [0.15, 0.2) is 0 Å². The van der Waals surface area contributed by atoms with Crippen LogP contribution in [0.5, 0.6) is 0 Å². The third-order valence-corrected chi connectivity index (χ3v) is 5.17.